The number of aromatic nitrogens is 4. The number of likely N-dealkylation sites (tertiary alicyclic amines) is 1. The maximum Gasteiger partial charge on any atom is 0.228 e. The molecule has 0 aromatic carbocycles. The molecule has 1 atom stereocenters. The molecule has 8 nitrogen and oxygen atoms in total. The van der Waals surface area contributed by atoms with E-state index in [9.17, 15) is 9.90 Å². The van der Waals surface area contributed by atoms with Gasteiger partial charge in [0.05, 0.1) is 32.0 Å². The van der Waals surface area contributed by atoms with Gasteiger partial charge in [0.25, 0.3) is 0 Å². The topological polar surface area (TPSA) is 93.4 Å². The highest BCUT2D eigenvalue weighted by Gasteiger charge is 2.39. The van der Waals surface area contributed by atoms with Crippen LogP contribution >= 0.6 is 0 Å². The normalized spacial score (nSPS) is 20.4. The Bertz CT molecular complexity index is 776. The molecule has 0 unspecified atom stereocenters. The van der Waals surface area contributed by atoms with Gasteiger partial charge in [0.15, 0.2) is 0 Å². The molecule has 3 rings (SSSR count). The maximum absolute atomic E-state index is 12.7. The molecule has 0 radical (unpaired) electrons. The summed E-state index contributed by atoms with van der Waals surface area (Å²) >= 11 is 0. The van der Waals surface area contributed by atoms with Crippen LogP contribution in [0.25, 0.3) is 0 Å². The van der Waals surface area contributed by atoms with Gasteiger partial charge in [-0.1, -0.05) is 11.3 Å². The summed E-state index contributed by atoms with van der Waals surface area (Å²) < 4.78 is 6.82. The van der Waals surface area contributed by atoms with Gasteiger partial charge in [-0.15, -0.1) is 5.10 Å². The Morgan fingerprint density at radius 2 is 2.23 bits per heavy atom. The molecule has 1 amide bonds. The largest absolute Gasteiger partial charge is 0.481 e. The molecule has 2 aromatic rings. The Labute approximate surface area is 152 Å². The van der Waals surface area contributed by atoms with Crippen molar-refractivity contribution in [3.8, 4) is 5.88 Å². The first-order chi connectivity index (χ1) is 12.4. The highest BCUT2D eigenvalue weighted by atomic mass is 16.5. The van der Waals surface area contributed by atoms with Crippen LogP contribution in [0, 0.1) is 0 Å². The van der Waals surface area contributed by atoms with Crippen LogP contribution in [0.2, 0.25) is 0 Å². The molecule has 26 heavy (non-hydrogen) atoms. The Balaban J connectivity index is 1.71. The third-order valence-electron chi connectivity index (χ3n) is 4.66. The van der Waals surface area contributed by atoms with Crippen molar-refractivity contribution in [3.63, 3.8) is 0 Å². The molecule has 0 spiro atoms. The molecule has 0 aliphatic carbocycles. The summed E-state index contributed by atoms with van der Waals surface area (Å²) in [4.78, 5) is 18.7. The molecule has 1 saturated heterocycles. The van der Waals surface area contributed by atoms with Gasteiger partial charge >= 0.3 is 0 Å². The van der Waals surface area contributed by atoms with Gasteiger partial charge in [-0.3, -0.25) is 4.79 Å². The molecule has 1 aliphatic rings. The van der Waals surface area contributed by atoms with E-state index in [1.165, 1.54) is 0 Å². The molecule has 8 heteroatoms. The lowest BCUT2D eigenvalue weighted by atomic mass is 9.89. The first-order valence-electron chi connectivity index (χ1n) is 8.83. The van der Waals surface area contributed by atoms with Crippen molar-refractivity contribution in [1.82, 2.24) is 24.9 Å². The van der Waals surface area contributed by atoms with Gasteiger partial charge in [-0.25, -0.2) is 9.67 Å². The summed E-state index contributed by atoms with van der Waals surface area (Å²) in [5.41, 5.74) is 0.000446. The van der Waals surface area contributed by atoms with Crippen LogP contribution in [0.5, 0.6) is 5.88 Å². The highest BCUT2D eigenvalue weighted by molar-refractivity contribution is 5.78. The zero-order valence-corrected chi connectivity index (χ0v) is 15.4. The van der Waals surface area contributed by atoms with Crippen LogP contribution in [0.15, 0.2) is 24.4 Å². The molecule has 1 N–H and O–H groups in total. The summed E-state index contributed by atoms with van der Waals surface area (Å²) in [6, 6.07) is 5.52. The van der Waals surface area contributed by atoms with Gasteiger partial charge in [0.2, 0.25) is 11.8 Å². The molecule has 0 bridgehead atoms. The number of carbonyl (C=O) groups is 1. The summed E-state index contributed by atoms with van der Waals surface area (Å²) in [6.45, 7) is 4.83. The number of hydrogen-bond acceptors (Lipinski definition) is 6. The Kier molecular flexibility index (Phi) is 5.22. The van der Waals surface area contributed by atoms with E-state index in [-0.39, 0.29) is 24.9 Å². The number of carbonyl (C=O) groups excluding carboxylic acids is 1. The standard InChI is InChI=1S/C18H25N5O3/c1-13(2)23-11-15(20-21-23)18(25)8-5-9-22(12-18)17(24)10-14-6-4-7-16(19-14)26-3/h4,6-7,11,13,25H,5,8-10,12H2,1-3H3/t18-/m0/s1. The van der Waals surface area contributed by atoms with Crippen LogP contribution in [0.3, 0.4) is 0 Å². The van der Waals surface area contributed by atoms with E-state index in [0.29, 0.717) is 36.7 Å². The lowest BCUT2D eigenvalue weighted by Gasteiger charge is -2.38. The van der Waals surface area contributed by atoms with E-state index in [1.807, 2.05) is 19.9 Å². The minimum Gasteiger partial charge on any atom is -0.481 e. The van der Waals surface area contributed by atoms with Crippen molar-refractivity contribution >= 4 is 5.91 Å². The summed E-state index contributed by atoms with van der Waals surface area (Å²) in [6.07, 6.45) is 3.21. The van der Waals surface area contributed by atoms with E-state index in [0.717, 1.165) is 0 Å². The second-order valence-corrected chi connectivity index (χ2v) is 6.98. The molecule has 1 aliphatic heterocycles. The number of rotatable bonds is 5. The lowest BCUT2D eigenvalue weighted by Crippen LogP contribution is -2.49. The number of aliphatic hydroxyl groups is 1. The van der Waals surface area contributed by atoms with E-state index in [1.54, 1.807) is 35.0 Å². The third kappa shape index (κ3) is 3.85. The van der Waals surface area contributed by atoms with Gasteiger partial charge in [-0.05, 0) is 32.8 Å². The predicted molar refractivity (Wildman–Crippen MR) is 94.6 cm³/mol. The van der Waals surface area contributed by atoms with Crippen molar-refractivity contribution in [2.24, 2.45) is 0 Å². The molecule has 3 heterocycles. The number of hydrogen-bond donors (Lipinski definition) is 1. The Hall–Kier alpha value is -2.48. The smallest absolute Gasteiger partial charge is 0.228 e. The van der Waals surface area contributed by atoms with Gasteiger partial charge in [0, 0.05) is 18.7 Å². The number of pyridine rings is 1. The number of methoxy groups -OCH3 is 1. The fraction of sp³-hybridized carbons (Fsp3) is 0.556. The molecular formula is C18H25N5O3. The van der Waals surface area contributed by atoms with E-state index in [2.05, 4.69) is 15.3 Å². The van der Waals surface area contributed by atoms with Gasteiger partial charge < -0.3 is 14.7 Å². The number of piperidine rings is 1. The third-order valence-corrected chi connectivity index (χ3v) is 4.66. The summed E-state index contributed by atoms with van der Waals surface area (Å²) in [5.74, 6) is 0.413. The SMILES string of the molecule is COc1cccc(CC(=O)N2CCC[C@@](O)(c3cn(C(C)C)nn3)C2)n1. The number of nitrogens with zero attached hydrogens (tertiary/aromatic N) is 5. The van der Waals surface area contributed by atoms with E-state index in [4.69, 9.17) is 4.74 Å². The van der Waals surface area contributed by atoms with Crippen molar-refractivity contribution in [2.75, 3.05) is 20.2 Å². The first-order valence-corrected chi connectivity index (χ1v) is 8.83. The molecule has 1 fully saturated rings. The van der Waals surface area contributed by atoms with E-state index >= 15 is 0 Å². The zero-order chi connectivity index (χ0) is 18.7. The van der Waals surface area contributed by atoms with Gasteiger partial charge in [-0.2, -0.15) is 0 Å². The summed E-state index contributed by atoms with van der Waals surface area (Å²) in [5, 5.41) is 19.3. The fourth-order valence-corrected chi connectivity index (χ4v) is 3.14. The number of ether oxygens (including phenoxy) is 1. The highest BCUT2D eigenvalue weighted by Crippen LogP contribution is 2.30. The minimum atomic E-state index is -1.16. The maximum atomic E-state index is 12.7. The van der Waals surface area contributed by atoms with Crippen molar-refractivity contribution in [3.05, 3.63) is 35.8 Å². The van der Waals surface area contributed by atoms with Crippen molar-refractivity contribution in [1.29, 1.82) is 0 Å². The van der Waals surface area contributed by atoms with Crippen LogP contribution in [-0.2, 0) is 16.8 Å². The van der Waals surface area contributed by atoms with Crippen molar-refractivity contribution < 1.29 is 14.6 Å². The lowest BCUT2D eigenvalue weighted by molar-refractivity contribution is -0.138. The zero-order valence-electron chi connectivity index (χ0n) is 15.4. The fourth-order valence-electron chi connectivity index (χ4n) is 3.14. The second-order valence-electron chi connectivity index (χ2n) is 6.98. The predicted octanol–water partition coefficient (Wildman–Crippen LogP) is 1.32. The molecule has 140 valence electrons. The van der Waals surface area contributed by atoms with Crippen LogP contribution < -0.4 is 4.74 Å². The van der Waals surface area contributed by atoms with Crippen LogP contribution in [-0.4, -0.2) is 56.1 Å². The monoisotopic (exact) mass is 359 g/mol. The Morgan fingerprint density at radius 1 is 1.42 bits per heavy atom. The van der Waals surface area contributed by atoms with E-state index < -0.39 is 5.60 Å². The van der Waals surface area contributed by atoms with Gasteiger partial charge in [0.1, 0.15) is 11.3 Å². The molecular weight excluding hydrogens is 334 g/mol. The van der Waals surface area contributed by atoms with Crippen LogP contribution in [0.1, 0.15) is 44.1 Å². The first kappa shape index (κ1) is 18.3. The quantitative estimate of drug-likeness (QED) is 0.865. The summed E-state index contributed by atoms with van der Waals surface area (Å²) in [7, 11) is 1.54. The number of β-amino-alcohol motifs (C(OH)–C–C–N with tert-alkyl or cyclic N) is 1. The minimum absolute atomic E-state index is 0.0693. The average Bonchev–Trinajstić information content (AvgIpc) is 3.13. The second kappa shape index (κ2) is 7.41. The van der Waals surface area contributed by atoms with Crippen LogP contribution in [0.4, 0.5) is 0 Å². The molecule has 0 saturated carbocycles. The number of amides is 1. The average molecular weight is 359 g/mol. The molecule has 2 aromatic heterocycles. The van der Waals surface area contributed by atoms with Crippen molar-refractivity contribution in [2.45, 2.75) is 44.8 Å². The Morgan fingerprint density at radius 3 is 2.92 bits per heavy atom.